The number of fused-ring (bicyclic) bond motifs is 2. The third-order valence-electron chi connectivity index (χ3n) is 6.55. The van der Waals surface area contributed by atoms with E-state index < -0.39 is 47.7 Å². The summed E-state index contributed by atoms with van der Waals surface area (Å²) in [5, 5.41) is 25.9. The fraction of sp³-hybridized carbons (Fsp3) is 0.632. The number of halogens is 2. The van der Waals surface area contributed by atoms with Crippen molar-refractivity contribution in [3.8, 4) is 0 Å². The molecule has 168 valence electrons. The summed E-state index contributed by atoms with van der Waals surface area (Å²) in [6.45, 7) is 1.58. The van der Waals surface area contributed by atoms with Crippen molar-refractivity contribution in [1.29, 1.82) is 0 Å². The van der Waals surface area contributed by atoms with Crippen LogP contribution in [0.3, 0.4) is 0 Å². The Hall–Kier alpha value is -2.57. The number of nitrogens with zero attached hydrogens (tertiary/aromatic N) is 3. The van der Waals surface area contributed by atoms with Gasteiger partial charge in [-0.3, -0.25) is 0 Å². The number of hydrogen-bond donors (Lipinski definition) is 3. The van der Waals surface area contributed by atoms with E-state index in [-0.39, 0.29) is 31.5 Å². The maximum Gasteiger partial charge on any atom is 0.509 e. The van der Waals surface area contributed by atoms with Crippen LogP contribution in [0.5, 0.6) is 0 Å². The zero-order valence-corrected chi connectivity index (χ0v) is 16.6. The molecule has 3 aliphatic rings. The molecule has 2 aromatic rings. The van der Waals surface area contributed by atoms with Gasteiger partial charge in [0.2, 0.25) is 5.92 Å². The van der Waals surface area contributed by atoms with Crippen LogP contribution in [0.2, 0.25) is 0 Å². The van der Waals surface area contributed by atoms with Crippen LogP contribution in [-0.4, -0.2) is 66.9 Å². The second-order valence-corrected chi connectivity index (χ2v) is 8.56. The average molecular weight is 440 g/mol. The van der Waals surface area contributed by atoms with Crippen LogP contribution >= 0.6 is 0 Å². The van der Waals surface area contributed by atoms with E-state index in [1.54, 1.807) is 19.1 Å². The first kappa shape index (κ1) is 20.3. The molecule has 0 radical (unpaired) electrons. The minimum atomic E-state index is -2.74. The molecule has 0 amide bonds. The molecule has 2 saturated carbocycles. The van der Waals surface area contributed by atoms with Crippen molar-refractivity contribution >= 4 is 17.5 Å². The van der Waals surface area contributed by atoms with Crippen LogP contribution in [-0.2, 0) is 19.8 Å². The Balaban J connectivity index is 1.26. The van der Waals surface area contributed by atoms with Gasteiger partial charge in [-0.05, 0) is 31.9 Å². The predicted octanol–water partition coefficient (Wildman–Crippen LogP) is 1.13. The Labute approximate surface area is 174 Å². The van der Waals surface area contributed by atoms with Crippen molar-refractivity contribution in [1.82, 2.24) is 14.6 Å². The summed E-state index contributed by atoms with van der Waals surface area (Å²) >= 11 is 0. The molecule has 1 saturated heterocycles. The van der Waals surface area contributed by atoms with Crippen molar-refractivity contribution in [2.24, 2.45) is 0 Å². The number of aliphatic hydroxyl groups is 2. The van der Waals surface area contributed by atoms with Crippen molar-refractivity contribution in [3.63, 3.8) is 0 Å². The minimum absolute atomic E-state index is 0.0317. The number of nitrogens with two attached hydrogens (primary N) is 1. The molecule has 0 aromatic carbocycles. The molecule has 10 nitrogen and oxygen atoms in total. The summed E-state index contributed by atoms with van der Waals surface area (Å²) in [6.07, 6.45) is -4.74. The first-order chi connectivity index (χ1) is 14.6. The second kappa shape index (κ2) is 6.47. The van der Waals surface area contributed by atoms with E-state index in [1.165, 1.54) is 10.8 Å². The number of nitrogen functional groups attached to an aromatic ring is 1. The van der Waals surface area contributed by atoms with Gasteiger partial charge in [-0.1, -0.05) is 0 Å². The number of alkyl halides is 2. The number of aromatic nitrogens is 3. The number of hydrogen-bond acceptors (Lipinski definition) is 9. The number of carbonyl (C=O) groups is 1. The van der Waals surface area contributed by atoms with Crippen molar-refractivity contribution < 1.29 is 38.0 Å². The van der Waals surface area contributed by atoms with Gasteiger partial charge in [0.15, 0.2) is 17.5 Å². The summed E-state index contributed by atoms with van der Waals surface area (Å²) in [5.74, 6) is -2.50. The lowest BCUT2D eigenvalue weighted by atomic mass is 9.91. The fourth-order valence-corrected chi connectivity index (χ4v) is 4.65. The predicted molar refractivity (Wildman–Crippen MR) is 99.1 cm³/mol. The molecule has 4 N–H and O–H groups in total. The molecule has 0 spiro atoms. The summed E-state index contributed by atoms with van der Waals surface area (Å²) in [6, 6.07) is 3.32. The van der Waals surface area contributed by atoms with Gasteiger partial charge >= 0.3 is 6.16 Å². The van der Waals surface area contributed by atoms with Gasteiger partial charge in [0.25, 0.3) is 0 Å². The summed E-state index contributed by atoms with van der Waals surface area (Å²) in [4.78, 5) is 16.0. The maximum absolute atomic E-state index is 13.2. The Bertz CT molecular complexity index is 1040. The van der Waals surface area contributed by atoms with Crippen LogP contribution in [0, 0.1) is 0 Å². The van der Waals surface area contributed by atoms with Gasteiger partial charge in [-0.15, -0.1) is 0 Å². The molecule has 2 aliphatic carbocycles. The molecule has 3 heterocycles. The molecule has 5 atom stereocenters. The van der Waals surface area contributed by atoms with Crippen LogP contribution in [0.4, 0.5) is 19.4 Å². The van der Waals surface area contributed by atoms with Crippen molar-refractivity contribution in [2.75, 3.05) is 5.73 Å². The number of ether oxygens (including phenoxy) is 3. The summed E-state index contributed by atoms with van der Waals surface area (Å²) < 4.78 is 44.1. The lowest BCUT2D eigenvalue weighted by Crippen LogP contribution is -2.46. The quantitative estimate of drug-likeness (QED) is 0.599. The topological polar surface area (TPSA) is 141 Å². The Morgan fingerprint density at radius 1 is 1.32 bits per heavy atom. The van der Waals surface area contributed by atoms with Crippen molar-refractivity contribution in [2.45, 2.75) is 74.1 Å². The van der Waals surface area contributed by atoms with E-state index in [1.807, 2.05) is 0 Å². The number of carbonyl (C=O) groups excluding carboxylic acids is 1. The lowest BCUT2D eigenvalue weighted by Gasteiger charge is -2.32. The zero-order valence-electron chi connectivity index (χ0n) is 16.6. The number of rotatable bonds is 3. The molecular weight excluding hydrogens is 418 g/mol. The SMILES string of the molecule is C[C@@]1(c2ccc3c(N)ncnn23)O[C@@H]2C(OC(=O)OC3CCC(F)(F)CC3)[C@]2(O)[C@H]1O. The highest BCUT2D eigenvalue weighted by Gasteiger charge is 2.82. The van der Waals surface area contributed by atoms with E-state index in [2.05, 4.69) is 10.1 Å². The monoisotopic (exact) mass is 440 g/mol. The van der Waals surface area contributed by atoms with Gasteiger partial charge in [-0.2, -0.15) is 5.10 Å². The highest BCUT2D eigenvalue weighted by Crippen LogP contribution is 2.59. The fourth-order valence-electron chi connectivity index (χ4n) is 4.65. The first-order valence-electron chi connectivity index (χ1n) is 9.98. The molecule has 5 rings (SSSR count). The van der Waals surface area contributed by atoms with E-state index in [0.717, 1.165) is 0 Å². The highest BCUT2D eigenvalue weighted by molar-refractivity contribution is 5.66. The Kier molecular flexibility index (Phi) is 4.24. The Morgan fingerprint density at radius 3 is 2.68 bits per heavy atom. The lowest BCUT2D eigenvalue weighted by molar-refractivity contribution is -0.135. The Morgan fingerprint density at radius 2 is 2.03 bits per heavy atom. The molecule has 1 unspecified atom stereocenters. The van der Waals surface area contributed by atoms with E-state index in [4.69, 9.17) is 19.9 Å². The smallest absolute Gasteiger partial charge is 0.431 e. The second-order valence-electron chi connectivity index (χ2n) is 8.56. The molecule has 2 aromatic heterocycles. The van der Waals surface area contributed by atoms with Crippen LogP contribution in [0.1, 0.15) is 38.3 Å². The first-order valence-corrected chi connectivity index (χ1v) is 9.98. The molecule has 3 fully saturated rings. The van der Waals surface area contributed by atoms with Crippen LogP contribution in [0.25, 0.3) is 5.52 Å². The third kappa shape index (κ3) is 2.96. The largest absolute Gasteiger partial charge is 0.509 e. The van der Waals surface area contributed by atoms with E-state index in [0.29, 0.717) is 11.2 Å². The van der Waals surface area contributed by atoms with Crippen LogP contribution < -0.4 is 5.73 Å². The third-order valence-corrected chi connectivity index (χ3v) is 6.55. The van der Waals surface area contributed by atoms with E-state index in [9.17, 15) is 23.8 Å². The molecular formula is C19H22F2N4O6. The number of aliphatic hydroxyl groups excluding tert-OH is 1. The van der Waals surface area contributed by atoms with Crippen molar-refractivity contribution in [3.05, 3.63) is 24.2 Å². The summed E-state index contributed by atoms with van der Waals surface area (Å²) in [7, 11) is 0. The van der Waals surface area contributed by atoms with E-state index >= 15 is 0 Å². The zero-order chi connectivity index (χ0) is 22.2. The van der Waals surface area contributed by atoms with Gasteiger partial charge in [0.05, 0.1) is 5.69 Å². The summed E-state index contributed by atoms with van der Waals surface area (Å²) in [5.41, 5.74) is 3.60. The normalized spacial score (nSPS) is 36.9. The van der Waals surface area contributed by atoms with Gasteiger partial charge < -0.3 is 30.2 Å². The molecule has 12 heteroatoms. The van der Waals surface area contributed by atoms with Gasteiger partial charge in [-0.25, -0.2) is 23.1 Å². The standard InChI is InChI=1S/C19H22F2N4O6/c1-17(11-3-2-10-14(22)23-8-24-25(10)11)15(26)19(28)12(13(19)31-17)30-16(27)29-9-4-6-18(20,21)7-5-9/h2-3,8-9,12-13,15,26,28H,4-7H2,1H3,(H2,22,23,24)/t12?,13-,15+,17+,19-/m1/s1. The molecule has 0 bridgehead atoms. The average Bonchev–Trinajstić information content (AvgIpc) is 3.03. The maximum atomic E-state index is 13.2. The van der Waals surface area contributed by atoms with Gasteiger partial charge in [0, 0.05) is 12.8 Å². The molecule has 1 aliphatic heterocycles. The van der Waals surface area contributed by atoms with Crippen LogP contribution in [0.15, 0.2) is 18.5 Å². The number of anilines is 1. The highest BCUT2D eigenvalue weighted by atomic mass is 19.3. The van der Waals surface area contributed by atoms with Gasteiger partial charge in [0.1, 0.15) is 35.8 Å². The molecule has 31 heavy (non-hydrogen) atoms. The minimum Gasteiger partial charge on any atom is -0.431 e.